The Morgan fingerprint density at radius 2 is 1.70 bits per heavy atom. The molecule has 0 spiro atoms. The van der Waals surface area contributed by atoms with Gasteiger partial charge >= 0.3 is 0 Å². The van der Waals surface area contributed by atoms with Crippen LogP contribution in [0.4, 0.5) is 0 Å². The van der Waals surface area contributed by atoms with Crippen LogP contribution in [0, 0.1) is 11.3 Å². The standard InChI is InChI=1S/C19H17ClN4O2S/c1-24-18(13-26-17-8-4-15(20)5-9-17)22-23-19(24)27-11-10-25-16-6-2-14(12-21)3-7-16/h2-9H,10-11,13H2,1H3. The zero-order chi connectivity index (χ0) is 19.1. The summed E-state index contributed by atoms with van der Waals surface area (Å²) in [6.45, 7) is 0.855. The highest BCUT2D eigenvalue weighted by Gasteiger charge is 2.10. The molecule has 0 fully saturated rings. The molecule has 0 aliphatic heterocycles. The number of aromatic nitrogens is 3. The van der Waals surface area contributed by atoms with Gasteiger partial charge in [0.25, 0.3) is 0 Å². The molecule has 0 aliphatic carbocycles. The summed E-state index contributed by atoms with van der Waals surface area (Å²) in [6.07, 6.45) is 0. The van der Waals surface area contributed by atoms with Crippen molar-refractivity contribution in [3.05, 3.63) is 64.9 Å². The van der Waals surface area contributed by atoms with E-state index in [0.717, 1.165) is 28.2 Å². The molecule has 0 unspecified atom stereocenters. The summed E-state index contributed by atoms with van der Waals surface area (Å²) in [6, 6.07) is 16.3. The highest BCUT2D eigenvalue weighted by Crippen LogP contribution is 2.19. The van der Waals surface area contributed by atoms with E-state index < -0.39 is 0 Å². The molecule has 138 valence electrons. The van der Waals surface area contributed by atoms with E-state index in [1.165, 1.54) is 0 Å². The second kappa shape index (κ2) is 9.31. The van der Waals surface area contributed by atoms with Crippen molar-refractivity contribution in [1.29, 1.82) is 5.26 Å². The third kappa shape index (κ3) is 5.39. The molecule has 3 rings (SSSR count). The molecule has 3 aromatic rings. The molecular weight excluding hydrogens is 384 g/mol. The van der Waals surface area contributed by atoms with Gasteiger partial charge in [0.05, 0.1) is 18.2 Å². The van der Waals surface area contributed by atoms with Gasteiger partial charge in [-0.1, -0.05) is 23.4 Å². The summed E-state index contributed by atoms with van der Waals surface area (Å²) in [5, 5.41) is 18.6. The molecule has 0 aliphatic rings. The number of hydrogen-bond donors (Lipinski definition) is 0. The Hall–Kier alpha value is -2.69. The first-order valence-corrected chi connectivity index (χ1v) is 9.54. The third-order valence-electron chi connectivity index (χ3n) is 3.67. The van der Waals surface area contributed by atoms with Crippen molar-refractivity contribution < 1.29 is 9.47 Å². The van der Waals surface area contributed by atoms with Gasteiger partial charge in [0, 0.05) is 17.8 Å². The molecule has 0 saturated heterocycles. The molecule has 0 amide bonds. The maximum Gasteiger partial charge on any atom is 0.191 e. The molecule has 0 bridgehead atoms. The quantitative estimate of drug-likeness (QED) is 0.419. The summed E-state index contributed by atoms with van der Waals surface area (Å²) < 4.78 is 13.3. The van der Waals surface area contributed by atoms with Gasteiger partial charge in [-0.2, -0.15) is 5.26 Å². The van der Waals surface area contributed by atoms with Crippen molar-refractivity contribution in [2.24, 2.45) is 7.05 Å². The van der Waals surface area contributed by atoms with E-state index in [4.69, 9.17) is 26.3 Å². The van der Waals surface area contributed by atoms with Crippen LogP contribution in [0.15, 0.2) is 53.7 Å². The van der Waals surface area contributed by atoms with E-state index in [2.05, 4.69) is 16.3 Å². The first kappa shape index (κ1) is 19.1. The van der Waals surface area contributed by atoms with Gasteiger partial charge in [-0.15, -0.1) is 10.2 Å². The maximum absolute atomic E-state index is 8.79. The Morgan fingerprint density at radius 3 is 2.41 bits per heavy atom. The highest BCUT2D eigenvalue weighted by atomic mass is 35.5. The minimum absolute atomic E-state index is 0.327. The molecular formula is C19H17ClN4O2S. The van der Waals surface area contributed by atoms with Crippen LogP contribution in [0.25, 0.3) is 0 Å². The Labute approximate surface area is 166 Å². The fraction of sp³-hybridized carbons (Fsp3) is 0.211. The van der Waals surface area contributed by atoms with Crippen molar-refractivity contribution in [3.8, 4) is 17.6 Å². The molecule has 0 radical (unpaired) electrons. The number of nitrogens with zero attached hydrogens (tertiary/aromatic N) is 4. The van der Waals surface area contributed by atoms with Crippen molar-refractivity contribution in [1.82, 2.24) is 14.8 Å². The van der Waals surface area contributed by atoms with Crippen molar-refractivity contribution in [2.45, 2.75) is 11.8 Å². The fourth-order valence-corrected chi connectivity index (χ4v) is 3.07. The van der Waals surface area contributed by atoms with Gasteiger partial charge < -0.3 is 14.0 Å². The zero-order valence-corrected chi connectivity index (χ0v) is 16.2. The molecule has 0 N–H and O–H groups in total. The third-order valence-corrected chi connectivity index (χ3v) is 4.91. The Balaban J connectivity index is 1.45. The lowest BCUT2D eigenvalue weighted by Gasteiger charge is -2.07. The van der Waals surface area contributed by atoms with Gasteiger partial charge in [0.1, 0.15) is 18.1 Å². The van der Waals surface area contributed by atoms with Crippen LogP contribution < -0.4 is 9.47 Å². The Bertz CT molecular complexity index is 920. The lowest BCUT2D eigenvalue weighted by atomic mass is 10.2. The van der Waals surface area contributed by atoms with Crippen molar-refractivity contribution in [3.63, 3.8) is 0 Å². The van der Waals surface area contributed by atoms with E-state index in [1.54, 1.807) is 48.2 Å². The first-order valence-electron chi connectivity index (χ1n) is 8.18. The largest absolute Gasteiger partial charge is 0.493 e. The molecule has 0 saturated carbocycles. The van der Waals surface area contributed by atoms with E-state index in [0.29, 0.717) is 23.8 Å². The molecule has 0 atom stereocenters. The van der Waals surface area contributed by atoms with E-state index in [1.807, 2.05) is 23.7 Å². The average molecular weight is 401 g/mol. The number of nitriles is 1. The van der Waals surface area contributed by atoms with Crippen LogP contribution in [0.2, 0.25) is 5.02 Å². The molecule has 8 heteroatoms. The molecule has 2 aromatic carbocycles. The molecule has 1 aromatic heterocycles. The first-order chi connectivity index (χ1) is 13.2. The minimum atomic E-state index is 0.327. The van der Waals surface area contributed by atoms with Crippen LogP contribution in [-0.2, 0) is 13.7 Å². The molecule has 6 nitrogen and oxygen atoms in total. The lowest BCUT2D eigenvalue weighted by Crippen LogP contribution is -2.05. The van der Waals surface area contributed by atoms with E-state index >= 15 is 0 Å². The monoisotopic (exact) mass is 400 g/mol. The summed E-state index contributed by atoms with van der Waals surface area (Å²) in [5.74, 6) is 2.93. The van der Waals surface area contributed by atoms with Gasteiger partial charge in [-0.25, -0.2) is 0 Å². The van der Waals surface area contributed by atoms with Crippen LogP contribution in [0.3, 0.4) is 0 Å². The molecule has 27 heavy (non-hydrogen) atoms. The van der Waals surface area contributed by atoms with Crippen LogP contribution in [-0.4, -0.2) is 27.1 Å². The van der Waals surface area contributed by atoms with Gasteiger partial charge in [0.2, 0.25) is 0 Å². The number of rotatable bonds is 8. The van der Waals surface area contributed by atoms with Crippen molar-refractivity contribution >= 4 is 23.4 Å². The smallest absolute Gasteiger partial charge is 0.191 e. The van der Waals surface area contributed by atoms with Crippen LogP contribution >= 0.6 is 23.4 Å². The average Bonchev–Trinajstić information content (AvgIpc) is 3.05. The Kier molecular flexibility index (Phi) is 6.58. The number of halogens is 1. The van der Waals surface area contributed by atoms with Crippen LogP contribution in [0.1, 0.15) is 11.4 Å². The van der Waals surface area contributed by atoms with Gasteiger partial charge in [-0.05, 0) is 48.5 Å². The highest BCUT2D eigenvalue weighted by molar-refractivity contribution is 7.99. The SMILES string of the molecule is Cn1c(COc2ccc(Cl)cc2)nnc1SCCOc1ccc(C#N)cc1. The molecule has 1 heterocycles. The summed E-state index contributed by atoms with van der Waals surface area (Å²) in [4.78, 5) is 0. The number of thioether (sulfide) groups is 1. The maximum atomic E-state index is 8.79. The lowest BCUT2D eigenvalue weighted by molar-refractivity contribution is 0.290. The van der Waals surface area contributed by atoms with E-state index in [-0.39, 0.29) is 0 Å². The minimum Gasteiger partial charge on any atom is -0.493 e. The summed E-state index contributed by atoms with van der Waals surface area (Å²) >= 11 is 7.42. The predicted molar refractivity (Wildman–Crippen MR) is 104 cm³/mol. The number of benzene rings is 2. The zero-order valence-electron chi connectivity index (χ0n) is 14.6. The van der Waals surface area contributed by atoms with Gasteiger partial charge in [0.15, 0.2) is 11.0 Å². The summed E-state index contributed by atoms with van der Waals surface area (Å²) in [5.41, 5.74) is 0.615. The topological polar surface area (TPSA) is 73.0 Å². The number of ether oxygens (including phenoxy) is 2. The number of hydrogen-bond acceptors (Lipinski definition) is 6. The fourth-order valence-electron chi connectivity index (χ4n) is 2.19. The second-order valence-corrected chi connectivity index (χ2v) is 7.03. The predicted octanol–water partition coefficient (Wildman–Crippen LogP) is 4.09. The normalized spacial score (nSPS) is 10.4. The summed E-state index contributed by atoms with van der Waals surface area (Å²) in [7, 11) is 1.91. The van der Waals surface area contributed by atoms with Gasteiger partial charge in [-0.3, -0.25) is 0 Å². The Morgan fingerprint density at radius 1 is 1.04 bits per heavy atom. The second-order valence-electron chi connectivity index (χ2n) is 5.53. The van der Waals surface area contributed by atoms with Crippen LogP contribution in [0.5, 0.6) is 11.5 Å². The van der Waals surface area contributed by atoms with E-state index in [9.17, 15) is 0 Å². The van der Waals surface area contributed by atoms with Crippen molar-refractivity contribution in [2.75, 3.05) is 12.4 Å².